The van der Waals surface area contributed by atoms with Crippen molar-refractivity contribution in [3.8, 4) is 17.4 Å². The van der Waals surface area contributed by atoms with Crippen LogP contribution >= 0.6 is 0 Å². The van der Waals surface area contributed by atoms with Crippen molar-refractivity contribution in [3.63, 3.8) is 0 Å². The highest BCUT2D eigenvalue weighted by Crippen LogP contribution is 2.59. The SMILES string of the molecule is C=CCN[C@@H]1c2onc(OCc3ccccc3)c2C(=O)C2(O[Si](C)(C)C(C)(C)C)C(=O)C3=C(O)c4c(OCc5ccccc5)cc([C@@H]5CCCN5CC)c(OC)c4C[C@H]3C[C@@H]12. The molecule has 2 N–H and O–H groups in total. The number of likely N-dealkylation sites (tertiary alicyclic amines) is 1. The van der Waals surface area contributed by atoms with Gasteiger partial charge in [-0.2, -0.15) is 0 Å². The number of ketones is 2. The van der Waals surface area contributed by atoms with Gasteiger partial charge in [0.2, 0.25) is 11.6 Å². The molecule has 1 unspecified atom stereocenters. The summed E-state index contributed by atoms with van der Waals surface area (Å²) in [6.45, 7) is 19.1. The number of aliphatic hydroxyl groups excluding tert-OH is 1. The van der Waals surface area contributed by atoms with Crippen LogP contribution in [-0.4, -0.2) is 67.4 Å². The largest absolute Gasteiger partial charge is 0.507 e. The minimum absolute atomic E-state index is 0.00470. The van der Waals surface area contributed by atoms with Gasteiger partial charge >= 0.3 is 0 Å². The van der Waals surface area contributed by atoms with Crippen LogP contribution < -0.4 is 19.5 Å². The van der Waals surface area contributed by atoms with Crippen LogP contribution in [0.2, 0.25) is 18.1 Å². The number of aromatic nitrogens is 1. The Hall–Kier alpha value is -5.01. The maximum atomic E-state index is 16.0. The monoisotopic (exact) mass is 845 g/mol. The van der Waals surface area contributed by atoms with Crippen LogP contribution in [0.3, 0.4) is 0 Å². The molecule has 2 heterocycles. The molecule has 11 nitrogen and oxygen atoms in total. The number of benzene rings is 3. The van der Waals surface area contributed by atoms with E-state index in [0.29, 0.717) is 42.2 Å². The first kappa shape index (κ1) is 42.7. The summed E-state index contributed by atoms with van der Waals surface area (Å²) in [5.41, 5.74) is 2.25. The molecular formula is C49H59N3O8Si. The standard InChI is InChI=1S/C49H59N3O8Si/c1-9-23-50-41-35-26-32-25-34-39(37(57-28-30-18-13-11-14-19-30)27-33(43(34)56-6)36-22-17-24-52(36)10-2)42(53)38(32)45(54)49(35,60-61(7,8)48(3,4)5)46(55)40-44(41)59-51-47(40)58-29-31-20-15-12-16-21-31/h9,11-16,18-21,27,32,35-36,41,50,53H,1,10,17,22-26,28-29H2,2-8H3/t32-,35-,36-,41-,49?/m0/s1. The maximum absolute atomic E-state index is 16.0. The maximum Gasteiger partial charge on any atom is 0.265 e. The molecule has 1 saturated carbocycles. The summed E-state index contributed by atoms with van der Waals surface area (Å²) in [7, 11) is -1.26. The molecule has 1 aliphatic heterocycles. The van der Waals surface area contributed by atoms with Crippen molar-refractivity contribution < 1.29 is 37.9 Å². The Kier molecular flexibility index (Phi) is 11.7. The average molecular weight is 846 g/mol. The van der Waals surface area contributed by atoms with Gasteiger partial charge < -0.3 is 33.6 Å². The highest BCUT2D eigenvalue weighted by molar-refractivity contribution is 6.74. The molecule has 12 heteroatoms. The number of ether oxygens (including phenoxy) is 3. The first-order valence-electron chi connectivity index (χ1n) is 21.6. The minimum atomic E-state index is -2.94. The van der Waals surface area contributed by atoms with Crippen LogP contribution in [0.4, 0.5) is 0 Å². The zero-order valence-electron chi connectivity index (χ0n) is 36.5. The lowest BCUT2D eigenvalue weighted by Gasteiger charge is -2.54. The normalized spacial score (nSPS) is 23.9. The molecule has 0 bridgehead atoms. The molecule has 1 saturated heterocycles. The Morgan fingerprint density at radius 1 is 1.02 bits per heavy atom. The number of carbonyl (C=O) groups is 2. The molecule has 5 atom stereocenters. The lowest BCUT2D eigenvalue weighted by atomic mass is 9.57. The molecule has 3 aromatic carbocycles. The second kappa shape index (κ2) is 16.7. The zero-order chi connectivity index (χ0) is 43.3. The van der Waals surface area contributed by atoms with Crippen molar-refractivity contribution in [2.45, 2.75) is 102 Å². The van der Waals surface area contributed by atoms with Crippen molar-refractivity contribution in [2.24, 2.45) is 11.8 Å². The van der Waals surface area contributed by atoms with Crippen molar-refractivity contribution in [2.75, 3.05) is 26.7 Å². The fourth-order valence-corrected chi connectivity index (χ4v) is 11.2. The predicted octanol–water partition coefficient (Wildman–Crippen LogP) is 9.50. The molecule has 4 aromatic rings. The van der Waals surface area contributed by atoms with Crippen LogP contribution in [0.5, 0.6) is 17.4 Å². The second-order valence-corrected chi connectivity index (χ2v) is 23.1. The van der Waals surface area contributed by atoms with Gasteiger partial charge in [0, 0.05) is 35.2 Å². The number of rotatable bonds is 14. The van der Waals surface area contributed by atoms with Gasteiger partial charge in [0.25, 0.3) is 5.88 Å². The van der Waals surface area contributed by atoms with E-state index in [1.165, 1.54) is 0 Å². The quantitative estimate of drug-likeness (QED) is 0.0715. The molecule has 0 radical (unpaired) electrons. The van der Waals surface area contributed by atoms with Gasteiger partial charge in [0.15, 0.2) is 19.7 Å². The first-order chi connectivity index (χ1) is 29.2. The van der Waals surface area contributed by atoms with E-state index >= 15 is 9.59 Å². The Morgan fingerprint density at radius 2 is 1.69 bits per heavy atom. The van der Waals surface area contributed by atoms with E-state index in [-0.39, 0.29) is 47.1 Å². The van der Waals surface area contributed by atoms with Crippen LogP contribution in [0, 0.1) is 11.8 Å². The highest BCUT2D eigenvalue weighted by atomic mass is 28.4. The third kappa shape index (κ3) is 7.34. The van der Waals surface area contributed by atoms with Crippen LogP contribution in [0.1, 0.15) is 103 Å². The molecule has 0 amide bonds. The van der Waals surface area contributed by atoms with E-state index in [2.05, 4.69) is 49.6 Å². The van der Waals surface area contributed by atoms with Gasteiger partial charge in [-0.3, -0.25) is 14.5 Å². The summed E-state index contributed by atoms with van der Waals surface area (Å²) in [5, 5.41) is 20.3. The van der Waals surface area contributed by atoms with Gasteiger partial charge in [0.05, 0.1) is 18.7 Å². The van der Waals surface area contributed by atoms with Crippen molar-refractivity contribution in [1.29, 1.82) is 0 Å². The summed E-state index contributed by atoms with van der Waals surface area (Å²) in [5.74, 6) is -1.10. The lowest BCUT2D eigenvalue weighted by molar-refractivity contribution is -0.138. The summed E-state index contributed by atoms with van der Waals surface area (Å²) in [6, 6.07) is 20.9. The van der Waals surface area contributed by atoms with Crippen LogP contribution in [0.25, 0.3) is 5.76 Å². The van der Waals surface area contributed by atoms with Crippen LogP contribution in [-0.2, 0) is 28.9 Å². The van der Waals surface area contributed by atoms with Gasteiger partial charge in [0.1, 0.15) is 36.0 Å². The van der Waals surface area contributed by atoms with Gasteiger partial charge in [-0.25, -0.2) is 0 Å². The van der Waals surface area contributed by atoms with E-state index in [4.69, 9.17) is 23.2 Å². The van der Waals surface area contributed by atoms with E-state index < -0.39 is 43.4 Å². The number of methoxy groups -OCH3 is 1. The van der Waals surface area contributed by atoms with E-state index in [1.54, 1.807) is 13.2 Å². The van der Waals surface area contributed by atoms with Gasteiger partial charge in [-0.1, -0.05) is 94.4 Å². The fourth-order valence-electron chi connectivity index (χ4n) is 9.79. The molecule has 3 aliphatic carbocycles. The molecule has 61 heavy (non-hydrogen) atoms. The molecular weight excluding hydrogens is 787 g/mol. The first-order valence-corrected chi connectivity index (χ1v) is 24.5. The number of hydrogen-bond donors (Lipinski definition) is 2. The van der Waals surface area contributed by atoms with E-state index in [9.17, 15) is 5.11 Å². The third-order valence-corrected chi connectivity index (χ3v) is 18.2. The zero-order valence-corrected chi connectivity index (χ0v) is 37.5. The lowest BCUT2D eigenvalue weighted by Crippen LogP contribution is -2.68. The molecule has 322 valence electrons. The Labute approximate surface area is 360 Å². The highest BCUT2D eigenvalue weighted by Gasteiger charge is 2.68. The second-order valence-electron chi connectivity index (χ2n) is 18.3. The summed E-state index contributed by atoms with van der Waals surface area (Å²) >= 11 is 0. The van der Waals surface area contributed by atoms with Crippen LogP contribution in [0.15, 0.2) is 89.5 Å². The number of fused-ring (bicyclic) bond motifs is 4. The number of Topliss-reactive ketones (excluding diaryl/α,β-unsaturated/α-hetero) is 2. The number of hydrogen-bond acceptors (Lipinski definition) is 11. The van der Waals surface area contributed by atoms with Crippen molar-refractivity contribution in [3.05, 3.63) is 124 Å². The molecule has 1 aromatic heterocycles. The molecule has 4 aliphatic rings. The molecule has 2 fully saturated rings. The molecule has 8 rings (SSSR count). The molecule has 0 spiro atoms. The van der Waals surface area contributed by atoms with Gasteiger partial charge in [-0.05, 0) is 85.2 Å². The Morgan fingerprint density at radius 3 is 2.31 bits per heavy atom. The summed E-state index contributed by atoms with van der Waals surface area (Å²) in [6.07, 6.45) is 4.44. The topological polar surface area (TPSA) is 133 Å². The van der Waals surface area contributed by atoms with E-state index in [0.717, 1.165) is 48.2 Å². The number of aliphatic hydroxyl groups is 1. The number of carbonyl (C=O) groups excluding carboxylic acids is 2. The minimum Gasteiger partial charge on any atom is -0.507 e. The fraction of sp³-hybridized carbons (Fsp3) is 0.449. The number of nitrogens with one attached hydrogen (secondary N) is 1. The Balaban J connectivity index is 1.32. The Bertz CT molecular complexity index is 2330. The van der Waals surface area contributed by atoms with E-state index in [1.807, 2.05) is 79.8 Å². The smallest absolute Gasteiger partial charge is 0.265 e. The average Bonchev–Trinajstić information content (AvgIpc) is 3.90. The van der Waals surface area contributed by atoms with Gasteiger partial charge in [-0.15, -0.1) is 6.58 Å². The predicted molar refractivity (Wildman–Crippen MR) is 236 cm³/mol. The summed E-state index contributed by atoms with van der Waals surface area (Å²) < 4.78 is 32.6. The summed E-state index contributed by atoms with van der Waals surface area (Å²) in [4.78, 5) is 34.2. The van der Waals surface area contributed by atoms with Crippen molar-refractivity contribution in [1.82, 2.24) is 15.4 Å². The number of nitrogens with zero attached hydrogens (tertiary/aromatic N) is 2. The van der Waals surface area contributed by atoms with Crippen molar-refractivity contribution >= 4 is 25.6 Å². The third-order valence-electron chi connectivity index (χ3n) is 13.8.